The molecule has 0 aromatic carbocycles. The molecule has 0 bridgehead atoms. The lowest BCUT2D eigenvalue weighted by Gasteiger charge is -2.37. The van der Waals surface area contributed by atoms with Gasteiger partial charge < -0.3 is 14.3 Å². The van der Waals surface area contributed by atoms with Crippen molar-refractivity contribution >= 4 is 21.8 Å². The minimum atomic E-state index is -3.63. The number of piperazine rings is 1. The fraction of sp³-hybridized carbons (Fsp3) is 0.792. The van der Waals surface area contributed by atoms with E-state index in [-0.39, 0.29) is 22.6 Å². The van der Waals surface area contributed by atoms with Crippen molar-refractivity contribution in [3.8, 4) is 0 Å². The van der Waals surface area contributed by atoms with Gasteiger partial charge in [-0.05, 0) is 51.4 Å². The van der Waals surface area contributed by atoms with E-state index in [1.807, 2.05) is 9.80 Å². The highest BCUT2D eigenvalue weighted by Crippen LogP contribution is 2.30. The largest absolute Gasteiger partial charge is 0.360 e. The molecule has 9 nitrogen and oxygen atoms in total. The molecule has 34 heavy (non-hydrogen) atoms. The second-order valence-electron chi connectivity index (χ2n) is 10.2. The lowest BCUT2D eigenvalue weighted by molar-refractivity contribution is -0.140. The van der Waals surface area contributed by atoms with Crippen LogP contribution in [0.1, 0.15) is 69.2 Å². The molecule has 0 N–H and O–H groups in total. The van der Waals surface area contributed by atoms with Crippen LogP contribution in [0.5, 0.6) is 0 Å². The minimum Gasteiger partial charge on any atom is -0.360 e. The molecule has 3 heterocycles. The van der Waals surface area contributed by atoms with Crippen LogP contribution < -0.4 is 0 Å². The first-order chi connectivity index (χ1) is 16.3. The van der Waals surface area contributed by atoms with Gasteiger partial charge in [-0.3, -0.25) is 9.59 Å². The average molecular weight is 495 g/mol. The molecule has 3 aliphatic rings. The van der Waals surface area contributed by atoms with Gasteiger partial charge in [-0.25, -0.2) is 8.42 Å². The molecule has 10 heteroatoms. The highest BCUT2D eigenvalue weighted by atomic mass is 32.2. The SMILES string of the molecule is Cc1noc(C)c1S(=O)(=O)N1CCC(CC(=O)N2CCN(C(=O)CC3CCCCC3)CC2)CC1. The lowest BCUT2D eigenvalue weighted by atomic mass is 9.86. The van der Waals surface area contributed by atoms with E-state index in [1.54, 1.807) is 13.8 Å². The summed E-state index contributed by atoms with van der Waals surface area (Å²) in [6.07, 6.45) is 8.53. The summed E-state index contributed by atoms with van der Waals surface area (Å²) < 4.78 is 32.5. The number of carbonyl (C=O) groups excluding carboxylic acids is 2. The normalized spacial score (nSPS) is 21.7. The number of hydrogen-bond donors (Lipinski definition) is 0. The van der Waals surface area contributed by atoms with Gasteiger partial charge >= 0.3 is 0 Å². The van der Waals surface area contributed by atoms with E-state index < -0.39 is 10.0 Å². The van der Waals surface area contributed by atoms with E-state index in [0.29, 0.717) is 82.3 Å². The molecule has 4 rings (SSSR count). The van der Waals surface area contributed by atoms with Crippen molar-refractivity contribution in [2.45, 2.75) is 76.5 Å². The number of rotatable bonds is 6. The summed E-state index contributed by atoms with van der Waals surface area (Å²) in [7, 11) is -3.63. The monoisotopic (exact) mass is 494 g/mol. The fourth-order valence-electron chi connectivity index (χ4n) is 5.67. The van der Waals surface area contributed by atoms with Crippen molar-refractivity contribution in [2.24, 2.45) is 11.8 Å². The number of carbonyl (C=O) groups is 2. The maximum atomic E-state index is 13.0. The molecule has 0 atom stereocenters. The Balaban J connectivity index is 1.21. The van der Waals surface area contributed by atoms with Crippen molar-refractivity contribution in [1.82, 2.24) is 19.3 Å². The van der Waals surface area contributed by atoms with Crippen molar-refractivity contribution in [3.63, 3.8) is 0 Å². The van der Waals surface area contributed by atoms with E-state index >= 15 is 0 Å². The number of aromatic nitrogens is 1. The Hall–Kier alpha value is -1.94. The number of nitrogens with zero attached hydrogens (tertiary/aromatic N) is 4. The lowest BCUT2D eigenvalue weighted by Crippen LogP contribution is -2.51. The molecule has 3 fully saturated rings. The minimum absolute atomic E-state index is 0.117. The first-order valence-electron chi connectivity index (χ1n) is 12.7. The fourth-order valence-corrected chi connectivity index (χ4v) is 7.44. The standard InChI is InChI=1S/C24H38N4O5S/c1-18-24(19(2)33-25-18)34(31,32)28-10-8-21(9-11-28)17-23(30)27-14-12-26(13-15-27)22(29)16-20-6-4-3-5-7-20/h20-21H,3-17H2,1-2H3. The third-order valence-electron chi connectivity index (χ3n) is 7.78. The summed E-state index contributed by atoms with van der Waals surface area (Å²) in [5, 5.41) is 3.77. The molecular formula is C24H38N4O5S. The Morgan fingerprint density at radius 2 is 1.32 bits per heavy atom. The van der Waals surface area contributed by atoms with Gasteiger partial charge in [0.25, 0.3) is 0 Å². The van der Waals surface area contributed by atoms with E-state index in [4.69, 9.17) is 4.52 Å². The summed E-state index contributed by atoms with van der Waals surface area (Å²) in [4.78, 5) is 29.5. The van der Waals surface area contributed by atoms with Gasteiger partial charge in [0, 0.05) is 52.1 Å². The van der Waals surface area contributed by atoms with Crippen LogP contribution >= 0.6 is 0 Å². The van der Waals surface area contributed by atoms with Crippen LogP contribution in [0.15, 0.2) is 9.42 Å². The van der Waals surface area contributed by atoms with Crippen LogP contribution in [0.4, 0.5) is 0 Å². The van der Waals surface area contributed by atoms with Crippen LogP contribution in [-0.4, -0.2) is 78.8 Å². The quantitative estimate of drug-likeness (QED) is 0.602. The highest BCUT2D eigenvalue weighted by molar-refractivity contribution is 7.89. The van der Waals surface area contributed by atoms with Crippen LogP contribution in [0, 0.1) is 25.7 Å². The van der Waals surface area contributed by atoms with Crippen molar-refractivity contribution < 1.29 is 22.5 Å². The molecule has 1 saturated carbocycles. The van der Waals surface area contributed by atoms with Crippen LogP contribution in [0.3, 0.4) is 0 Å². The Bertz CT molecular complexity index is 950. The zero-order valence-electron chi connectivity index (χ0n) is 20.5. The van der Waals surface area contributed by atoms with Crippen molar-refractivity contribution in [3.05, 3.63) is 11.5 Å². The van der Waals surface area contributed by atoms with E-state index in [2.05, 4.69) is 5.16 Å². The number of hydrogen-bond acceptors (Lipinski definition) is 6. The van der Waals surface area contributed by atoms with Gasteiger partial charge in [0.05, 0.1) is 0 Å². The van der Waals surface area contributed by atoms with Crippen LogP contribution in [0.25, 0.3) is 0 Å². The smallest absolute Gasteiger partial charge is 0.248 e. The predicted octanol–water partition coefficient (Wildman–Crippen LogP) is 2.72. The van der Waals surface area contributed by atoms with E-state index in [0.717, 1.165) is 0 Å². The van der Waals surface area contributed by atoms with Gasteiger partial charge in [0.1, 0.15) is 10.6 Å². The van der Waals surface area contributed by atoms with E-state index in [1.165, 1.54) is 36.4 Å². The average Bonchev–Trinajstić information content (AvgIpc) is 3.18. The molecule has 0 spiro atoms. The second kappa shape index (κ2) is 10.8. The van der Waals surface area contributed by atoms with Gasteiger partial charge in [-0.1, -0.05) is 24.4 Å². The van der Waals surface area contributed by atoms with Gasteiger partial charge in [-0.15, -0.1) is 0 Å². The summed E-state index contributed by atoms with van der Waals surface area (Å²) >= 11 is 0. The van der Waals surface area contributed by atoms with Crippen molar-refractivity contribution in [1.29, 1.82) is 0 Å². The zero-order valence-corrected chi connectivity index (χ0v) is 21.3. The third kappa shape index (κ3) is 5.64. The number of aryl methyl sites for hydroxylation is 2. The van der Waals surface area contributed by atoms with Gasteiger partial charge in [-0.2, -0.15) is 4.31 Å². The first-order valence-corrected chi connectivity index (χ1v) is 14.2. The third-order valence-corrected chi connectivity index (χ3v) is 9.92. The summed E-state index contributed by atoms with van der Waals surface area (Å²) in [6, 6.07) is 0. The zero-order chi connectivity index (χ0) is 24.3. The summed E-state index contributed by atoms with van der Waals surface area (Å²) in [6.45, 7) is 6.46. The Kier molecular flexibility index (Phi) is 7.97. The predicted molar refractivity (Wildman–Crippen MR) is 126 cm³/mol. The maximum Gasteiger partial charge on any atom is 0.248 e. The molecule has 190 valence electrons. The number of sulfonamides is 1. The Labute approximate surface area is 202 Å². The topological polar surface area (TPSA) is 104 Å². The number of piperidine rings is 1. The Morgan fingerprint density at radius 1 is 0.824 bits per heavy atom. The van der Waals surface area contributed by atoms with Crippen LogP contribution in [0.2, 0.25) is 0 Å². The Morgan fingerprint density at radius 3 is 1.79 bits per heavy atom. The van der Waals surface area contributed by atoms with Crippen molar-refractivity contribution in [2.75, 3.05) is 39.3 Å². The molecule has 2 saturated heterocycles. The first kappa shape index (κ1) is 25.2. The highest BCUT2D eigenvalue weighted by Gasteiger charge is 2.35. The van der Waals surface area contributed by atoms with Crippen LogP contribution in [-0.2, 0) is 19.6 Å². The molecule has 2 amide bonds. The summed E-state index contributed by atoms with van der Waals surface area (Å²) in [5.41, 5.74) is 0.381. The van der Waals surface area contributed by atoms with E-state index in [9.17, 15) is 18.0 Å². The molecule has 1 aromatic rings. The summed E-state index contributed by atoms with van der Waals surface area (Å²) in [5.74, 6) is 1.38. The molecule has 0 unspecified atom stereocenters. The molecule has 1 aliphatic carbocycles. The van der Waals surface area contributed by atoms with Gasteiger partial charge in [0.2, 0.25) is 21.8 Å². The van der Waals surface area contributed by atoms with Gasteiger partial charge in [0.15, 0.2) is 5.76 Å². The molecule has 0 radical (unpaired) electrons. The molecular weight excluding hydrogens is 456 g/mol. The maximum absolute atomic E-state index is 13.0. The molecule has 1 aromatic heterocycles. The molecule has 2 aliphatic heterocycles. The number of amides is 2. The second-order valence-corrected chi connectivity index (χ2v) is 12.0.